The molecule has 5 nitrogen and oxygen atoms in total. The number of nitrogens with zero attached hydrogens (tertiary/aromatic N) is 1. The number of nitrogens with one attached hydrogen (secondary N) is 1. The topological polar surface area (TPSA) is 66.5 Å². The van der Waals surface area contributed by atoms with E-state index < -0.39 is 21.5 Å². The molecule has 1 fully saturated rings. The summed E-state index contributed by atoms with van der Waals surface area (Å²) in [4.78, 5) is 13.6. The van der Waals surface area contributed by atoms with E-state index in [1.807, 2.05) is 0 Å². The Morgan fingerprint density at radius 2 is 2.13 bits per heavy atom. The number of amides is 2. The first-order chi connectivity index (χ1) is 10.8. The standard InChI is InChI=1S/C15H20F2N2O3S/c1-11-9-19(6-7-23(21,22)10-11)15(20)18-5-4-12-8-13(16)2-3-14(12)17/h2-3,8,11H,4-7,9-10H2,1H3,(H,18,20)/t11-/m1/s1. The van der Waals surface area contributed by atoms with Gasteiger partial charge in [0.1, 0.15) is 11.6 Å². The van der Waals surface area contributed by atoms with Gasteiger partial charge in [-0.2, -0.15) is 0 Å². The summed E-state index contributed by atoms with van der Waals surface area (Å²) in [6.07, 6.45) is 0.164. The van der Waals surface area contributed by atoms with Gasteiger partial charge in [-0.15, -0.1) is 0 Å². The van der Waals surface area contributed by atoms with Gasteiger partial charge in [0.25, 0.3) is 0 Å². The molecule has 0 radical (unpaired) electrons. The van der Waals surface area contributed by atoms with Crippen molar-refractivity contribution in [3.8, 4) is 0 Å². The summed E-state index contributed by atoms with van der Waals surface area (Å²) in [6.45, 7) is 2.44. The molecule has 8 heteroatoms. The minimum Gasteiger partial charge on any atom is -0.338 e. The third-order valence-electron chi connectivity index (χ3n) is 3.71. The van der Waals surface area contributed by atoms with Crippen LogP contribution >= 0.6 is 0 Å². The molecule has 1 N–H and O–H groups in total. The zero-order valence-electron chi connectivity index (χ0n) is 12.9. The summed E-state index contributed by atoms with van der Waals surface area (Å²) in [5.41, 5.74) is 0.192. The molecule has 0 unspecified atom stereocenters. The van der Waals surface area contributed by atoms with Crippen molar-refractivity contribution in [1.29, 1.82) is 0 Å². The Morgan fingerprint density at radius 1 is 1.39 bits per heavy atom. The van der Waals surface area contributed by atoms with Crippen molar-refractivity contribution < 1.29 is 22.0 Å². The van der Waals surface area contributed by atoms with Gasteiger partial charge in [0, 0.05) is 19.6 Å². The third kappa shape index (κ3) is 5.16. The van der Waals surface area contributed by atoms with Crippen molar-refractivity contribution in [3.05, 3.63) is 35.4 Å². The van der Waals surface area contributed by atoms with E-state index in [2.05, 4.69) is 5.32 Å². The molecule has 1 heterocycles. The maximum absolute atomic E-state index is 13.5. The van der Waals surface area contributed by atoms with Gasteiger partial charge >= 0.3 is 6.03 Å². The van der Waals surface area contributed by atoms with Gasteiger partial charge in [0.2, 0.25) is 0 Å². The van der Waals surface area contributed by atoms with E-state index in [4.69, 9.17) is 0 Å². The van der Waals surface area contributed by atoms with Gasteiger partial charge in [-0.05, 0) is 36.1 Å². The monoisotopic (exact) mass is 346 g/mol. The van der Waals surface area contributed by atoms with Crippen LogP contribution in [0, 0.1) is 17.6 Å². The van der Waals surface area contributed by atoms with E-state index >= 15 is 0 Å². The molecule has 0 aliphatic carbocycles. The van der Waals surface area contributed by atoms with Gasteiger partial charge in [0.05, 0.1) is 11.5 Å². The van der Waals surface area contributed by atoms with Crippen molar-refractivity contribution in [2.45, 2.75) is 13.3 Å². The fraction of sp³-hybridized carbons (Fsp3) is 0.533. The molecule has 1 atom stereocenters. The van der Waals surface area contributed by atoms with Gasteiger partial charge < -0.3 is 10.2 Å². The molecule has 2 amide bonds. The number of halogens is 2. The van der Waals surface area contributed by atoms with Crippen LogP contribution in [-0.2, 0) is 16.3 Å². The fourth-order valence-corrected chi connectivity index (χ4v) is 4.26. The Bertz CT molecular complexity index is 679. The predicted octanol–water partition coefficient (Wildman–Crippen LogP) is 1.58. The summed E-state index contributed by atoms with van der Waals surface area (Å²) in [5, 5.41) is 2.63. The molecule has 0 aromatic heterocycles. The molecular formula is C15H20F2N2O3S. The molecule has 2 rings (SSSR count). The first-order valence-electron chi connectivity index (χ1n) is 7.44. The summed E-state index contributed by atoms with van der Waals surface area (Å²) in [5.74, 6) is -1.16. The Morgan fingerprint density at radius 3 is 2.87 bits per heavy atom. The highest BCUT2D eigenvalue weighted by molar-refractivity contribution is 7.91. The SMILES string of the molecule is C[C@@H]1CN(C(=O)NCCc2cc(F)ccc2F)CCS(=O)(=O)C1. The summed E-state index contributed by atoms with van der Waals surface area (Å²) >= 11 is 0. The average molecular weight is 346 g/mol. The number of hydrogen-bond acceptors (Lipinski definition) is 3. The molecule has 0 saturated carbocycles. The molecule has 1 aromatic rings. The number of rotatable bonds is 3. The van der Waals surface area contributed by atoms with Crippen molar-refractivity contribution in [2.24, 2.45) is 5.92 Å². The van der Waals surface area contributed by atoms with Crippen molar-refractivity contribution in [3.63, 3.8) is 0 Å². The number of urea groups is 1. The van der Waals surface area contributed by atoms with Crippen LogP contribution < -0.4 is 5.32 Å². The zero-order valence-corrected chi connectivity index (χ0v) is 13.7. The molecule has 1 aromatic carbocycles. The van der Waals surface area contributed by atoms with Crippen LogP contribution in [0.15, 0.2) is 18.2 Å². The minimum atomic E-state index is -3.12. The quantitative estimate of drug-likeness (QED) is 0.904. The Labute approximate surface area is 134 Å². The van der Waals surface area contributed by atoms with Gasteiger partial charge in [-0.1, -0.05) is 6.92 Å². The third-order valence-corrected chi connectivity index (χ3v) is 5.59. The van der Waals surface area contributed by atoms with Gasteiger partial charge in [-0.25, -0.2) is 22.0 Å². The van der Waals surface area contributed by atoms with Crippen LogP contribution in [0.4, 0.5) is 13.6 Å². The number of carbonyl (C=O) groups excluding carboxylic acids is 1. The number of sulfone groups is 1. The first-order valence-corrected chi connectivity index (χ1v) is 9.26. The molecule has 23 heavy (non-hydrogen) atoms. The lowest BCUT2D eigenvalue weighted by molar-refractivity contribution is 0.196. The molecule has 1 aliphatic rings. The van der Waals surface area contributed by atoms with Crippen LogP contribution in [0.1, 0.15) is 12.5 Å². The lowest BCUT2D eigenvalue weighted by atomic mass is 10.1. The predicted molar refractivity (Wildman–Crippen MR) is 82.9 cm³/mol. The highest BCUT2D eigenvalue weighted by Gasteiger charge is 2.26. The largest absolute Gasteiger partial charge is 0.338 e. The second-order valence-electron chi connectivity index (χ2n) is 5.88. The lowest BCUT2D eigenvalue weighted by Gasteiger charge is -2.22. The van der Waals surface area contributed by atoms with Crippen LogP contribution in [-0.4, -0.2) is 50.5 Å². The van der Waals surface area contributed by atoms with E-state index in [0.717, 1.165) is 18.2 Å². The Kier molecular flexibility index (Phi) is 5.56. The second-order valence-corrected chi connectivity index (χ2v) is 8.11. The van der Waals surface area contributed by atoms with Crippen LogP contribution in [0.25, 0.3) is 0 Å². The van der Waals surface area contributed by atoms with Crippen molar-refractivity contribution >= 4 is 15.9 Å². The van der Waals surface area contributed by atoms with E-state index in [-0.39, 0.29) is 48.5 Å². The maximum atomic E-state index is 13.5. The van der Waals surface area contributed by atoms with E-state index in [1.165, 1.54) is 4.90 Å². The summed E-state index contributed by atoms with van der Waals surface area (Å²) in [6, 6.07) is 2.80. The van der Waals surface area contributed by atoms with Crippen molar-refractivity contribution in [1.82, 2.24) is 10.2 Å². The van der Waals surface area contributed by atoms with E-state index in [9.17, 15) is 22.0 Å². The smallest absolute Gasteiger partial charge is 0.317 e. The maximum Gasteiger partial charge on any atom is 0.317 e. The molecule has 1 saturated heterocycles. The second kappa shape index (κ2) is 7.25. The highest BCUT2D eigenvalue weighted by atomic mass is 32.2. The molecular weight excluding hydrogens is 326 g/mol. The number of benzene rings is 1. The Hall–Kier alpha value is -1.70. The summed E-state index contributed by atoms with van der Waals surface area (Å²) in [7, 11) is -3.12. The molecule has 128 valence electrons. The van der Waals surface area contributed by atoms with Gasteiger partial charge in [0.15, 0.2) is 9.84 Å². The average Bonchev–Trinajstić information content (AvgIpc) is 2.59. The molecule has 0 bridgehead atoms. The van der Waals surface area contributed by atoms with Crippen molar-refractivity contribution in [2.75, 3.05) is 31.1 Å². The van der Waals surface area contributed by atoms with E-state index in [1.54, 1.807) is 6.92 Å². The Balaban J connectivity index is 1.88. The first kappa shape index (κ1) is 17.7. The molecule has 0 spiro atoms. The van der Waals surface area contributed by atoms with Gasteiger partial charge in [-0.3, -0.25) is 0 Å². The number of hydrogen-bond donors (Lipinski definition) is 1. The zero-order chi connectivity index (χ0) is 17.0. The van der Waals surface area contributed by atoms with Crippen LogP contribution in [0.5, 0.6) is 0 Å². The van der Waals surface area contributed by atoms with Crippen LogP contribution in [0.2, 0.25) is 0 Å². The van der Waals surface area contributed by atoms with E-state index in [0.29, 0.717) is 6.54 Å². The molecule has 1 aliphatic heterocycles. The number of carbonyl (C=O) groups is 1. The highest BCUT2D eigenvalue weighted by Crippen LogP contribution is 2.12. The summed E-state index contributed by atoms with van der Waals surface area (Å²) < 4.78 is 49.9. The van der Waals surface area contributed by atoms with Crippen LogP contribution in [0.3, 0.4) is 0 Å². The lowest BCUT2D eigenvalue weighted by Crippen LogP contribution is -2.43. The minimum absolute atomic E-state index is 0.0523. The fourth-order valence-electron chi connectivity index (χ4n) is 2.62. The normalized spacial score (nSPS) is 20.8.